The van der Waals surface area contributed by atoms with Gasteiger partial charge in [0.2, 0.25) is 0 Å². The summed E-state index contributed by atoms with van der Waals surface area (Å²) in [5.41, 5.74) is 3.58. The Morgan fingerprint density at radius 2 is 1.93 bits per heavy atom. The number of aromatic nitrogens is 1. The second kappa shape index (κ2) is 9.24. The number of carbonyl (C=O) groups excluding carboxylic acids is 1. The number of fused-ring (bicyclic) bond motifs is 1. The van der Waals surface area contributed by atoms with Gasteiger partial charge in [-0.25, -0.2) is 4.98 Å². The molecule has 3 aromatic rings. The number of nitrogens with one attached hydrogen (secondary N) is 1. The fourth-order valence-electron chi connectivity index (χ4n) is 3.60. The van der Waals surface area contributed by atoms with E-state index in [-0.39, 0.29) is 5.91 Å². The Morgan fingerprint density at radius 1 is 1.17 bits per heavy atom. The number of anilines is 1. The predicted octanol–water partition coefficient (Wildman–Crippen LogP) is 3.28. The molecule has 1 aromatic heterocycles. The molecule has 154 valence electrons. The minimum Gasteiger partial charge on any atom is -0.351 e. The normalized spacial score (nSPS) is 14.6. The van der Waals surface area contributed by atoms with E-state index in [1.807, 2.05) is 0 Å². The third kappa shape index (κ3) is 4.61. The van der Waals surface area contributed by atoms with Gasteiger partial charge in [-0.2, -0.15) is 5.26 Å². The van der Waals surface area contributed by atoms with Crippen LogP contribution in [0.25, 0.3) is 10.2 Å². The van der Waals surface area contributed by atoms with Crippen LogP contribution in [-0.4, -0.2) is 55.1 Å². The molecule has 0 bridgehead atoms. The molecule has 1 N–H and O–H groups in total. The molecule has 6 nitrogen and oxygen atoms in total. The largest absolute Gasteiger partial charge is 0.351 e. The van der Waals surface area contributed by atoms with Gasteiger partial charge in [0.1, 0.15) is 0 Å². The van der Waals surface area contributed by atoms with Gasteiger partial charge in [0.15, 0.2) is 5.13 Å². The second-order valence-corrected chi connectivity index (χ2v) is 8.43. The molecule has 1 saturated heterocycles. The maximum absolute atomic E-state index is 12.2. The van der Waals surface area contributed by atoms with Crippen LogP contribution in [0.2, 0.25) is 0 Å². The first-order valence-electron chi connectivity index (χ1n) is 10.3. The zero-order valence-electron chi connectivity index (χ0n) is 17.1. The zero-order valence-corrected chi connectivity index (χ0v) is 17.9. The number of hydrogen-bond acceptors (Lipinski definition) is 6. The number of hydrogen-bond donors (Lipinski definition) is 1. The maximum atomic E-state index is 12.2. The Labute approximate surface area is 180 Å². The van der Waals surface area contributed by atoms with Gasteiger partial charge >= 0.3 is 0 Å². The van der Waals surface area contributed by atoms with Crippen molar-refractivity contribution in [1.82, 2.24) is 15.2 Å². The number of aryl methyl sites for hydroxylation is 1. The zero-order chi connectivity index (χ0) is 20.9. The third-order valence-electron chi connectivity index (χ3n) is 5.48. The molecule has 0 unspecified atom stereocenters. The number of amides is 1. The van der Waals surface area contributed by atoms with Crippen molar-refractivity contribution in [3.8, 4) is 6.07 Å². The van der Waals surface area contributed by atoms with Crippen LogP contribution in [0.3, 0.4) is 0 Å². The highest BCUT2D eigenvalue weighted by molar-refractivity contribution is 7.22. The summed E-state index contributed by atoms with van der Waals surface area (Å²) < 4.78 is 1.26. The van der Waals surface area contributed by atoms with E-state index in [1.165, 1.54) is 10.3 Å². The molecule has 4 rings (SSSR count). The molecule has 30 heavy (non-hydrogen) atoms. The first kappa shape index (κ1) is 20.3. The second-order valence-electron chi connectivity index (χ2n) is 7.43. The van der Waals surface area contributed by atoms with Gasteiger partial charge < -0.3 is 10.2 Å². The van der Waals surface area contributed by atoms with Crippen LogP contribution in [-0.2, 0) is 6.42 Å². The number of rotatable bonds is 6. The van der Waals surface area contributed by atoms with Crippen molar-refractivity contribution in [2.24, 2.45) is 0 Å². The van der Waals surface area contributed by atoms with Gasteiger partial charge in [0.25, 0.3) is 5.91 Å². The van der Waals surface area contributed by atoms with Gasteiger partial charge in [-0.15, -0.1) is 0 Å². The van der Waals surface area contributed by atoms with Crippen molar-refractivity contribution in [3.63, 3.8) is 0 Å². The van der Waals surface area contributed by atoms with Crippen molar-refractivity contribution in [3.05, 3.63) is 59.2 Å². The van der Waals surface area contributed by atoms with Crippen LogP contribution in [0, 0.1) is 11.3 Å². The number of benzene rings is 2. The number of nitrogens with zero attached hydrogens (tertiary/aromatic N) is 4. The average Bonchev–Trinajstić information content (AvgIpc) is 3.22. The van der Waals surface area contributed by atoms with Crippen molar-refractivity contribution in [2.75, 3.05) is 44.2 Å². The Morgan fingerprint density at radius 3 is 2.63 bits per heavy atom. The number of thiazole rings is 1. The minimum atomic E-state index is -0.0981. The minimum absolute atomic E-state index is 0.0981. The molecule has 2 heterocycles. The molecule has 0 saturated carbocycles. The Kier molecular flexibility index (Phi) is 6.26. The number of piperazine rings is 1. The molecule has 1 aliphatic rings. The van der Waals surface area contributed by atoms with Crippen LogP contribution in [0.1, 0.15) is 28.4 Å². The molecule has 7 heteroatoms. The molecule has 0 atom stereocenters. The van der Waals surface area contributed by atoms with Crippen LogP contribution < -0.4 is 10.2 Å². The van der Waals surface area contributed by atoms with Gasteiger partial charge in [-0.3, -0.25) is 9.69 Å². The average molecular weight is 420 g/mol. The highest BCUT2D eigenvalue weighted by Gasteiger charge is 2.20. The SMILES string of the molecule is CCc1ccc2nc(N3CCN(CCNC(=O)c4ccc(C#N)cc4)CC3)sc2c1. The number of carbonyl (C=O) groups is 1. The molecule has 1 aliphatic heterocycles. The van der Waals surface area contributed by atoms with E-state index in [1.54, 1.807) is 35.6 Å². The molecule has 1 fully saturated rings. The number of nitriles is 1. The first-order chi connectivity index (χ1) is 14.7. The lowest BCUT2D eigenvalue weighted by Crippen LogP contribution is -2.48. The van der Waals surface area contributed by atoms with E-state index in [9.17, 15) is 4.79 Å². The van der Waals surface area contributed by atoms with Crippen LogP contribution in [0.4, 0.5) is 5.13 Å². The summed E-state index contributed by atoms with van der Waals surface area (Å²) in [6.07, 6.45) is 1.05. The molecular weight excluding hydrogens is 394 g/mol. The van der Waals surface area contributed by atoms with E-state index in [4.69, 9.17) is 10.2 Å². The van der Waals surface area contributed by atoms with E-state index >= 15 is 0 Å². The summed E-state index contributed by atoms with van der Waals surface area (Å²) in [5.74, 6) is -0.0981. The predicted molar refractivity (Wildman–Crippen MR) is 121 cm³/mol. The summed E-state index contributed by atoms with van der Waals surface area (Å²) in [4.78, 5) is 21.8. The monoisotopic (exact) mass is 419 g/mol. The van der Waals surface area contributed by atoms with E-state index < -0.39 is 0 Å². The molecular formula is C23H25N5OS. The molecule has 0 aliphatic carbocycles. The standard InChI is InChI=1S/C23H25N5OS/c1-2-17-5-8-20-21(15-17)30-23(26-20)28-13-11-27(12-14-28)10-9-25-22(29)19-6-3-18(16-24)4-7-19/h3-8,15H,2,9-14H2,1H3,(H,25,29). The lowest BCUT2D eigenvalue weighted by Gasteiger charge is -2.34. The van der Waals surface area contributed by atoms with Gasteiger partial charge in [0, 0.05) is 44.8 Å². The quantitative estimate of drug-likeness (QED) is 0.664. The summed E-state index contributed by atoms with van der Waals surface area (Å²) in [7, 11) is 0. The fourth-order valence-corrected chi connectivity index (χ4v) is 4.68. The van der Waals surface area contributed by atoms with Gasteiger partial charge in [0.05, 0.1) is 21.8 Å². The van der Waals surface area contributed by atoms with E-state index in [0.29, 0.717) is 17.7 Å². The van der Waals surface area contributed by atoms with Crippen LogP contribution in [0.5, 0.6) is 0 Å². The Balaban J connectivity index is 1.24. The third-order valence-corrected chi connectivity index (χ3v) is 6.56. The summed E-state index contributed by atoms with van der Waals surface area (Å²) in [6, 6.07) is 15.3. The lowest BCUT2D eigenvalue weighted by molar-refractivity contribution is 0.0948. The molecule has 2 aromatic carbocycles. The molecule has 1 amide bonds. The topological polar surface area (TPSA) is 72.3 Å². The fraction of sp³-hybridized carbons (Fsp3) is 0.348. The summed E-state index contributed by atoms with van der Waals surface area (Å²) in [5, 5.41) is 12.9. The van der Waals surface area contributed by atoms with Crippen molar-refractivity contribution >= 4 is 32.6 Å². The highest BCUT2D eigenvalue weighted by atomic mass is 32.1. The van der Waals surface area contributed by atoms with E-state index in [0.717, 1.165) is 49.8 Å². The first-order valence-corrected chi connectivity index (χ1v) is 11.1. The maximum Gasteiger partial charge on any atom is 0.251 e. The van der Waals surface area contributed by atoms with Crippen molar-refractivity contribution in [2.45, 2.75) is 13.3 Å². The highest BCUT2D eigenvalue weighted by Crippen LogP contribution is 2.30. The Bertz CT molecular complexity index is 1060. The van der Waals surface area contributed by atoms with Crippen LogP contribution in [0.15, 0.2) is 42.5 Å². The van der Waals surface area contributed by atoms with Crippen molar-refractivity contribution < 1.29 is 4.79 Å². The van der Waals surface area contributed by atoms with E-state index in [2.05, 4.69) is 46.3 Å². The van der Waals surface area contributed by atoms with Crippen LogP contribution >= 0.6 is 11.3 Å². The Hall–Kier alpha value is -2.95. The van der Waals surface area contributed by atoms with Gasteiger partial charge in [-0.05, 0) is 48.4 Å². The molecule has 0 radical (unpaired) electrons. The van der Waals surface area contributed by atoms with Gasteiger partial charge in [-0.1, -0.05) is 24.3 Å². The summed E-state index contributed by atoms with van der Waals surface area (Å²) in [6.45, 7) is 7.43. The molecule has 0 spiro atoms. The van der Waals surface area contributed by atoms with Crippen molar-refractivity contribution in [1.29, 1.82) is 5.26 Å². The lowest BCUT2D eigenvalue weighted by atomic mass is 10.1. The smallest absolute Gasteiger partial charge is 0.251 e. The summed E-state index contributed by atoms with van der Waals surface area (Å²) >= 11 is 1.78.